The van der Waals surface area contributed by atoms with Crippen LogP contribution in [0.4, 0.5) is 0 Å². The van der Waals surface area contributed by atoms with Crippen LogP contribution in [0.1, 0.15) is 43.1 Å². The molecule has 0 saturated carbocycles. The second-order valence-corrected chi connectivity index (χ2v) is 7.52. The lowest BCUT2D eigenvalue weighted by Gasteiger charge is -2.19. The van der Waals surface area contributed by atoms with E-state index in [4.69, 9.17) is 4.74 Å². The first-order chi connectivity index (χ1) is 14.9. The molecule has 9 heteroatoms. The molecule has 0 spiro atoms. The van der Waals surface area contributed by atoms with Crippen LogP contribution < -0.4 is 15.4 Å². The second-order valence-electron chi connectivity index (χ2n) is 7.52. The van der Waals surface area contributed by atoms with Gasteiger partial charge in [-0.1, -0.05) is 6.07 Å². The molecule has 3 aromatic rings. The topological polar surface area (TPSA) is 115 Å². The van der Waals surface area contributed by atoms with Crippen molar-refractivity contribution < 1.29 is 19.1 Å². The van der Waals surface area contributed by atoms with Crippen molar-refractivity contribution in [3.05, 3.63) is 54.0 Å². The summed E-state index contributed by atoms with van der Waals surface area (Å²) in [6.07, 6.45) is 2.41. The summed E-state index contributed by atoms with van der Waals surface area (Å²) in [5, 5.41) is 10.5. The first-order valence-corrected chi connectivity index (χ1v) is 10.1. The summed E-state index contributed by atoms with van der Waals surface area (Å²) in [7, 11) is 1.78. The van der Waals surface area contributed by atoms with Crippen LogP contribution in [-0.4, -0.2) is 39.1 Å². The Kier molecular flexibility index (Phi) is 5.66. The number of hydrogen-bond donors (Lipinski definition) is 2. The van der Waals surface area contributed by atoms with Crippen molar-refractivity contribution in [3.8, 4) is 5.75 Å². The molecule has 160 valence electrons. The van der Waals surface area contributed by atoms with Gasteiger partial charge in [0.2, 0.25) is 11.8 Å². The Morgan fingerprint density at radius 1 is 1.32 bits per heavy atom. The zero-order chi connectivity index (χ0) is 22.0. The number of nitrogens with one attached hydrogen (secondary N) is 2. The molecule has 31 heavy (non-hydrogen) atoms. The van der Waals surface area contributed by atoms with Gasteiger partial charge >= 0.3 is 0 Å². The molecule has 2 aromatic heterocycles. The summed E-state index contributed by atoms with van der Waals surface area (Å²) >= 11 is 0. The van der Waals surface area contributed by atoms with E-state index in [1.165, 1.54) is 0 Å². The van der Waals surface area contributed by atoms with Gasteiger partial charge in [0.15, 0.2) is 6.61 Å². The van der Waals surface area contributed by atoms with Crippen LogP contribution in [0, 0.1) is 0 Å². The van der Waals surface area contributed by atoms with Gasteiger partial charge in [0.25, 0.3) is 5.91 Å². The highest BCUT2D eigenvalue weighted by Crippen LogP contribution is 2.31. The van der Waals surface area contributed by atoms with Gasteiger partial charge in [-0.3, -0.25) is 29.4 Å². The molecule has 2 N–H and O–H groups in total. The van der Waals surface area contributed by atoms with Crippen molar-refractivity contribution in [3.63, 3.8) is 0 Å². The number of carbonyl (C=O) groups excluding carboxylic acids is 3. The van der Waals surface area contributed by atoms with Gasteiger partial charge in [-0.25, -0.2) is 0 Å². The Balaban J connectivity index is 1.44. The van der Waals surface area contributed by atoms with E-state index >= 15 is 0 Å². The van der Waals surface area contributed by atoms with Gasteiger partial charge in [-0.2, -0.15) is 5.10 Å². The van der Waals surface area contributed by atoms with Crippen molar-refractivity contribution >= 4 is 28.6 Å². The third-order valence-corrected chi connectivity index (χ3v) is 5.30. The van der Waals surface area contributed by atoms with Crippen LogP contribution in [0.5, 0.6) is 5.75 Å². The third kappa shape index (κ3) is 4.40. The number of aryl methyl sites for hydroxylation is 1. The predicted octanol–water partition coefficient (Wildman–Crippen LogP) is 1.74. The van der Waals surface area contributed by atoms with E-state index in [2.05, 4.69) is 20.7 Å². The molecule has 4 rings (SSSR count). The molecule has 1 aliphatic rings. The number of benzene rings is 1. The van der Waals surface area contributed by atoms with Gasteiger partial charge in [0, 0.05) is 31.1 Å². The van der Waals surface area contributed by atoms with Crippen molar-refractivity contribution in [2.75, 3.05) is 6.61 Å². The van der Waals surface area contributed by atoms with Gasteiger partial charge < -0.3 is 10.1 Å². The number of carbonyl (C=O) groups is 3. The Morgan fingerprint density at radius 3 is 2.90 bits per heavy atom. The van der Waals surface area contributed by atoms with Gasteiger partial charge in [-0.05, 0) is 37.6 Å². The average molecular weight is 421 g/mol. The maximum absolute atomic E-state index is 12.3. The van der Waals surface area contributed by atoms with Crippen molar-refractivity contribution in [2.24, 2.45) is 7.05 Å². The molecule has 0 radical (unpaired) electrons. The molecular weight excluding hydrogens is 398 g/mol. The highest BCUT2D eigenvalue weighted by Gasteiger charge is 2.31. The highest BCUT2D eigenvalue weighted by atomic mass is 16.5. The number of nitrogens with zero attached hydrogens (tertiary/aromatic N) is 3. The van der Waals surface area contributed by atoms with E-state index in [0.29, 0.717) is 24.3 Å². The van der Waals surface area contributed by atoms with E-state index in [1.54, 1.807) is 30.1 Å². The zero-order valence-electron chi connectivity index (χ0n) is 17.3. The van der Waals surface area contributed by atoms with Crippen molar-refractivity contribution in [1.82, 2.24) is 25.4 Å². The zero-order valence-corrected chi connectivity index (χ0v) is 17.3. The molecular formula is C22H23N5O4. The SMILES string of the molecule is C[C@@H](NC(=O)COc1ccc2c(C3CCC(=O)NC3=O)nn(C)c2c1)c1ccccn1. The Hall–Kier alpha value is -3.75. The minimum absolute atomic E-state index is 0.138. The van der Waals surface area contributed by atoms with E-state index in [-0.39, 0.29) is 30.4 Å². The minimum Gasteiger partial charge on any atom is -0.484 e. The number of piperidine rings is 1. The highest BCUT2D eigenvalue weighted by molar-refractivity contribution is 6.02. The summed E-state index contributed by atoms with van der Waals surface area (Å²) in [4.78, 5) is 40.1. The Labute approximate surface area is 178 Å². The standard InChI is InChI=1S/C22H23N5O4/c1-13(17-5-3-4-10-23-17)24-20(29)12-31-14-6-7-15-18(11-14)27(2)26-21(15)16-8-9-19(28)25-22(16)30/h3-7,10-11,13,16H,8-9,12H2,1-2H3,(H,24,29)(H,25,28,30)/t13-,16?/m1/s1. The fourth-order valence-electron chi connectivity index (χ4n) is 3.70. The molecule has 1 saturated heterocycles. The molecule has 3 heterocycles. The summed E-state index contributed by atoms with van der Waals surface area (Å²) in [6.45, 7) is 1.72. The number of imide groups is 1. The number of rotatable bonds is 6. The maximum Gasteiger partial charge on any atom is 0.258 e. The first kappa shape index (κ1) is 20.5. The quantitative estimate of drug-likeness (QED) is 0.586. The molecule has 0 aliphatic carbocycles. The predicted molar refractivity (Wildman–Crippen MR) is 112 cm³/mol. The monoisotopic (exact) mass is 421 g/mol. The van der Waals surface area contributed by atoms with E-state index in [1.807, 2.05) is 31.2 Å². The smallest absolute Gasteiger partial charge is 0.258 e. The number of amides is 3. The number of aromatic nitrogens is 3. The Bertz CT molecular complexity index is 1140. The summed E-state index contributed by atoms with van der Waals surface area (Å²) < 4.78 is 7.33. The molecule has 9 nitrogen and oxygen atoms in total. The lowest BCUT2D eigenvalue weighted by atomic mass is 9.93. The fourth-order valence-corrected chi connectivity index (χ4v) is 3.70. The lowest BCUT2D eigenvalue weighted by molar-refractivity contribution is -0.134. The van der Waals surface area contributed by atoms with Crippen molar-refractivity contribution in [2.45, 2.75) is 31.7 Å². The number of ether oxygens (including phenoxy) is 1. The molecule has 1 unspecified atom stereocenters. The summed E-state index contributed by atoms with van der Waals surface area (Å²) in [6, 6.07) is 10.7. The van der Waals surface area contributed by atoms with Crippen LogP contribution in [0.15, 0.2) is 42.6 Å². The first-order valence-electron chi connectivity index (χ1n) is 10.1. The number of pyridine rings is 1. The molecule has 1 aromatic carbocycles. The second kappa shape index (κ2) is 8.55. The van der Waals surface area contributed by atoms with Crippen LogP contribution in [0.2, 0.25) is 0 Å². The van der Waals surface area contributed by atoms with E-state index in [9.17, 15) is 14.4 Å². The van der Waals surface area contributed by atoms with Crippen LogP contribution >= 0.6 is 0 Å². The van der Waals surface area contributed by atoms with Gasteiger partial charge in [0.1, 0.15) is 5.75 Å². The molecule has 2 atom stereocenters. The summed E-state index contributed by atoms with van der Waals surface area (Å²) in [5.74, 6) is -0.784. The van der Waals surface area contributed by atoms with Gasteiger partial charge in [0.05, 0.1) is 28.9 Å². The number of hydrogen-bond acceptors (Lipinski definition) is 6. The van der Waals surface area contributed by atoms with Crippen LogP contribution in [0.25, 0.3) is 10.9 Å². The summed E-state index contributed by atoms with van der Waals surface area (Å²) in [5.41, 5.74) is 2.18. The average Bonchev–Trinajstić information content (AvgIpc) is 3.08. The Morgan fingerprint density at radius 2 is 2.16 bits per heavy atom. The minimum atomic E-state index is -0.466. The third-order valence-electron chi connectivity index (χ3n) is 5.30. The van der Waals surface area contributed by atoms with E-state index < -0.39 is 5.92 Å². The van der Waals surface area contributed by atoms with Crippen molar-refractivity contribution in [1.29, 1.82) is 0 Å². The normalized spacial score (nSPS) is 17.3. The number of fused-ring (bicyclic) bond motifs is 1. The lowest BCUT2D eigenvalue weighted by Crippen LogP contribution is -2.39. The largest absolute Gasteiger partial charge is 0.484 e. The molecule has 1 fully saturated rings. The van der Waals surface area contributed by atoms with E-state index in [0.717, 1.165) is 16.6 Å². The molecule has 3 amide bonds. The molecule has 0 bridgehead atoms. The molecule has 1 aliphatic heterocycles. The fraction of sp³-hybridized carbons (Fsp3) is 0.318. The van der Waals surface area contributed by atoms with Crippen LogP contribution in [-0.2, 0) is 21.4 Å². The maximum atomic E-state index is 12.3. The van der Waals surface area contributed by atoms with Crippen LogP contribution in [0.3, 0.4) is 0 Å². The van der Waals surface area contributed by atoms with Gasteiger partial charge in [-0.15, -0.1) is 0 Å².